The van der Waals surface area contributed by atoms with Gasteiger partial charge in [0.15, 0.2) is 5.78 Å². The fraction of sp³-hybridized carbons (Fsp3) is 0.611. The maximum atomic E-state index is 12.6. The van der Waals surface area contributed by atoms with Crippen molar-refractivity contribution < 1.29 is 4.79 Å². The Balaban J connectivity index is 2.03. The summed E-state index contributed by atoms with van der Waals surface area (Å²) >= 11 is 0. The van der Waals surface area contributed by atoms with E-state index in [2.05, 4.69) is 18.9 Å². The number of likely N-dealkylation sites (N-methyl/N-ethyl adjacent to an activating group) is 1. The average molecular weight is 273 g/mol. The molecule has 0 N–H and O–H groups in total. The summed E-state index contributed by atoms with van der Waals surface area (Å²) in [5.74, 6) is 0.247. The Morgan fingerprint density at radius 1 is 1.10 bits per heavy atom. The zero-order valence-corrected chi connectivity index (χ0v) is 13.1. The number of ketones is 1. The van der Waals surface area contributed by atoms with Gasteiger partial charge in [0, 0.05) is 11.6 Å². The van der Waals surface area contributed by atoms with Gasteiger partial charge in [-0.25, -0.2) is 0 Å². The number of aryl methyl sites for hydroxylation is 1. The molecule has 0 radical (unpaired) electrons. The largest absolute Gasteiger partial charge is 0.294 e. The van der Waals surface area contributed by atoms with Crippen LogP contribution in [0.15, 0.2) is 24.3 Å². The second-order valence-electron chi connectivity index (χ2n) is 6.22. The Morgan fingerprint density at radius 2 is 1.65 bits per heavy atom. The minimum Gasteiger partial charge on any atom is -0.294 e. The second kappa shape index (κ2) is 7.03. The summed E-state index contributed by atoms with van der Waals surface area (Å²) in [7, 11) is 2.12. The van der Waals surface area contributed by atoms with Gasteiger partial charge in [-0.05, 0) is 33.7 Å². The summed E-state index contributed by atoms with van der Waals surface area (Å²) in [5.41, 5.74) is 2.04. The molecule has 0 aromatic heterocycles. The first-order valence-corrected chi connectivity index (χ1v) is 7.92. The summed E-state index contributed by atoms with van der Waals surface area (Å²) in [6.07, 6.45) is 7.79. The van der Waals surface area contributed by atoms with Crippen LogP contribution >= 0.6 is 0 Å². The van der Waals surface area contributed by atoms with Gasteiger partial charge in [-0.2, -0.15) is 0 Å². The van der Waals surface area contributed by atoms with E-state index in [0.717, 1.165) is 5.56 Å². The van der Waals surface area contributed by atoms with Crippen LogP contribution in [0.3, 0.4) is 0 Å². The normalized spacial score (nSPS) is 18.8. The van der Waals surface area contributed by atoms with Crippen LogP contribution in [-0.4, -0.2) is 29.8 Å². The topological polar surface area (TPSA) is 20.3 Å². The van der Waals surface area contributed by atoms with Gasteiger partial charge in [0.25, 0.3) is 0 Å². The Kier molecular flexibility index (Phi) is 5.36. The van der Waals surface area contributed by atoms with Crippen molar-refractivity contribution >= 4 is 5.78 Å². The summed E-state index contributed by atoms with van der Waals surface area (Å²) in [4.78, 5) is 14.9. The Hall–Kier alpha value is -1.15. The molecule has 0 bridgehead atoms. The lowest BCUT2D eigenvalue weighted by Crippen LogP contribution is -2.42. The first-order chi connectivity index (χ1) is 9.59. The number of carbonyl (C=O) groups is 1. The molecule has 2 heteroatoms. The molecular weight excluding hydrogens is 246 g/mol. The van der Waals surface area contributed by atoms with E-state index in [9.17, 15) is 4.79 Å². The first-order valence-electron chi connectivity index (χ1n) is 7.92. The maximum Gasteiger partial charge on any atom is 0.179 e. The Morgan fingerprint density at radius 3 is 2.20 bits per heavy atom. The van der Waals surface area contributed by atoms with Crippen molar-refractivity contribution in [2.75, 3.05) is 7.05 Å². The van der Waals surface area contributed by atoms with E-state index < -0.39 is 0 Å². The Bertz CT molecular complexity index is 429. The molecule has 1 saturated carbocycles. The predicted octanol–water partition coefficient (Wildman–Crippen LogP) is 4.22. The molecule has 0 amide bonds. The molecular formula is C18H27NO. The minimum atomic E-state index is -0.0270. The highest BCUT2D eigenvalue weighted by Gasteiger charge is 2.26. The van der Waals surface area contributed by atoms with Crippen LogP contribution in [0.1, 0.15) is 61.4 Å². The van der Waals surface area contributed by atoms with E-state index in [4.69, 9.17) is 0 Å². The zero-order chi connectivity index (χ0) is 14.5. The maximum absolute atomic E-state index is 12.6. The number of Topliss-reactive ketones (excluding diaryl/α,β-unsaturated/α-hetero) is 1. The molecule has 0 saturated heterocycles. The van der Waals surface area contributed by atoms with Gasteiger partial charge in [0.2, 0.25) is 0 Å². The molecule has 2 nitrogen and oxygen atoms in total. The van der Waals surface area contributed by atoms with E-state index in [1.54, 1.807) is 0 Å². The van der Waals surface area contributed by atoms with Gasteiger partial charge in [-0.1, -0.05) is 55.5 Å². The standard InChI is InChI=1S/C18H27NO/c1-14-10-12-16(13-11-14)18(20)15(2)19(3)17-8-6-4-5-7-9-17/h10-13,15,17H,4-9H2,1-3H3. The molecule has 110 valence electrons. The molecule has 0 spiro atoms. The van der Waals surface area contributed by atoms with Crippen molar-refractivity contribution in [1.82, 2.24) is 4.90 Å². The van der Waals surface area contributed by atoms with Crippen LogP contribution in [0, 0.1) is 6.92 Å². The highest BCUT2D eigenvalue weighted by Crippen LogP contribution is 2.23. The number of benzene rings is 1. The smallest absolute Gasteiger partial charge is 0.179 e. The average Bonchev–Trinajstić information content (AvgIpc) is 2.75. The monoisotopic (exact) mass is 273 g/mol. The highest BCUT2D eigenvalue weighted by molar-refractivity contribution is 5.99. The van der Waals surface area contributed by atoms with Crippen molar-refractivity contribution in [3.05, 3.63) is 35.4 Å². The van der Waals surface area contributed by atoms with Gasteiger partial charge in [0.1, 0.15) is 0 Å². The molecule has 20 heavy (non-hydrogen) atoms. The van der Waals surface area contributed by atoms with Crippen molar-refractivity contribution in [2.45, 2.75) is 64.5 Å². The lowest BCUT2D eigenvalue weighted by Gasteiger charge is -2.31. The van der Waals surface area contributed by atoms with Gasteiger partial charge in [-0.15, -0.1) is 0 Å². The molecule has 1 aromatic carbocycles. The van der Waals surface area contributed by atoms with Crippen LogP contribution in [0.2, 0.25) is 0 Å². The van der Waals surface area contributed by atoms with Crippen molar-refractivity contribution in [3.8, 4) is 0 Å². The number of hydrogen-bond acceptors (Lipinski definition) is 2. The fourth-order valence-corrected chi connectivity index (χ4v) is 3.13. The van der Waals surface area contributed by atoms with E-state index in [1.807, 2.05) is 31.2 Å². The lowest BCUT2D eigenvalue weighted by atomic mass is 10.00. The minimum absolute atomic E-state index is 0.0270. The third kappa shape index (κ3) is 3.69. The van der Waals surface area contributed by atoms with E-state index in [1.165, 1.54) is 44.1 Å². The van der Waals surface area contributed by atoms with Crippen LogP contribution in [0.4, 0.5) is 0 Å². The second-order valence-corrected chi connectivity index (χ2v) is 6.22. The van der Waals surface area contributed by atoms with Crippen LogP contribution in [0.5, 0.6) is 0 Å². The van der Waals surface area contributed by atoms with E-state index in [-0.39, 0.29) is 11.8 Å². The van der Waals surface area contributed by atoms with Crippen molar-refractivity contribution in [1.29, 1.82) is 0 Å². The van der Waals surface area contributed by atoms with E-state index in [0.29, 0.717) is 6.04 Å². The third-order valence-corrected chi connectivity index (χ3v) is 4.73. The summed E-state index contributed by atoms with van der Waals surface area (Å²) in [5, 5.41) is 0. The van der Waals surface area contributed by atoms with E-state index >= 15 is 0 Å². The summed E-state index contributed by atoms with van der Waals surface area (Å²) in [6, 6.07) is 8.49. The molecule has 1 aromatic rings. The van der Waals surface area contributed by atoms with Crippen molar-refractivity contribution in [2.24, 2.45) is 0 Å². The SMILES string of the molecule is Cc1ccc(C(=O)C(C)N(C)C2CCCCCC2)cc1. The number of carbonyl (C=O) groups excluding carboxylic acids is 1. The number of nitrogens with zero attached hydrogens (tertiary/aromatic N) is 1. The summed E-state index contributed by atoms with van der Waals surface area (Å²) < 4.78 is 0. The molecule has 1 unspecified atom stereocenters. The lowest BCUT2D eigenvalue weighted by molar-refractivity contribution is 0.0802. The van der Waals surface area contributed by atoms with Crippen LogP contribution in [-0.2, 0) is 0 Å². The molecule has 2 rings (SSSR count). The van der Waals surface area contributed by atoms with Gasteiger partial charge >= 0.3 is 0 Å². The number of hydrogen-bond donors (Lipinski definition) is 0. The van der Waals surface area contributed by atoms with Crippen LogP contribution < -0.4 is 0 Å². The zero-order valence-electron chi connectivity index (χ0n) is 13.1. The Labute approximate surface area is 123 Å². The van der Waals surface area contributed by atoms with Gasteiger partial charge < -0.3 is 0 Å². The first kappa shape index (κ1) is 15.2. The van der Waals surface area contributed by atoms with Gasteiger partial charge in [0.05, 0.1) is 6.04 Å². The van der Waals surface area contributed by atoms with Crippen molar-refractivity contribution in [3.63, 3.8) is 0 Å². The predicted molar refractivity (Wildman–Crippen MR) is 84.2 cm³/mol. The molecule has 0 heterocycles. The highest BCUT2D eigenvalue weighted by atomic mass is 16.1. The third-order valence-electron chi connectivity index (χ3n) is 4.73. The molecule has 0 aliphatic heterocycles. The quantitative estimate of drug-likeness (QED) is 0.604. The summed E-state index contributed by atoms with van der Waals surface area (Å²) in [6.45, 7) is 4.10. The van der Waals surface area contributed by atoms with Crippen LogP contribution in [0.25, 0.3) is 0 Å². The fourth-order valence-electron chi connectivity index (χ4n) is 3.13. The molecule has 1 fully saturated rings. The number of rotatable bonds is 4. The molecule has 1 aliphatic carbocycles. The molecule has 1 atom stereocenters. The van der Waals surface area contributed by atoms with Gasteiger partial charge in [-0.3, -0.25) is 9.69 Å². The molecule has 1 aliphatic rings.